The number of hydrogen-bond acceptors (Lipinski definition) is 3. The third-order valence-corrected chi connectivity index (χ3v) is 5.57. The van der Waals surface area contributed by atoms with Crippen LogP contribution in [0.5, 0.6) is 5.75 Å². The molecule has 27 heavy (non-hydrogen) atoms. The Hall–Kier alpha value is -2.56. The summed E-state index contributed by atoms with van der Waals surface area (Å²) < 4.78 is 18.9. The van der Waals surface area contributed by atoms with E-state index in [1.807, 2.05) is 36.4 Å². The zero-order valence-corrected chi connectivity index (χ0v) is 15.4. The first-order valence-corrected chi connectivity index (χ1v) is 9.70. The monoisotopic (exact) mass is 368 g/mol. The van der Waals surface area contributed by atoms with E-state index in [0.29, 0.717) is 6.61 Å². The summed E-state index contributed by atoms with van der Waals surface area (Å²) in [6, 6.07) is 14.8. The number of rotatable bonds is 3. The number of anilines is 1. The van der Waals surface area contributed by atoms with E-state index in [9.17, 15) is 9.18 Å². The van der Waals surface area contributed by atoms with Crippen molar-refractivity contribution in [2.75, 3.05) is 24.6 Å². The SMILES string of the molecule is O=C(NC1CCN(c2ccc(F)cc2)CC1)[C@H]1CCOc2ccccc2C1. The van der Waals surface area contributed by atoms with Gasteiger partial charge in [0.15, 0.2) is 0 Å². The predicted octanol–water partition coefficient (Wildman–Crippen LogP) is 3.55. The van der Waals surface area contributed by atoms with Gasteiger partial charge in [-0.3, -0.25) is 4.79 Å². The van der Waals surface area contributed by atoms with Crippen LogP contribution in [0.4, 0.5) is 10.1 Å². The summed E-state index contributed by atoms with van der Waals surface area (Å²) in [5, 5.41) is 3.25. The second-order valence-electron chi connectivity index (χ2n) is 7.39. The van der Waals surface area contributed by atoms with Crippen LogP contribution in [0.15, 0.2) is 48.5 Å². The maximum Gasteiger partial charge on any atom is 0.223 e. The maximum atomic E-state index is 13.1. The largest absolute Gasteiger partial charge is 0.493 e. The number of para-hydroxylation sites is 1. The highest BCUT2D eigenvalue weighted by Gasteiger charge is 2.27. The van der Waals surface area contributed by atoms with Gasteiger partial charge in [0.05, 0.1) is 6.61 Å². The first-order valence-electron chi connectivity index (χ1n) is 9.70. The van der Waals surface area contributed by atoms with Crippen LogP contribution in [0.2, 0.25) is 0 Å². The molecule has 0 bridgehead atoms. The van der Waals surface area contributed by atoms with Gasteiger partial charge < -0.3 is 15.0 Å². The Bertz CT molecular complexity index is 785. The molecule has 2 aliphatic heterocycles. The molecular formula is C22H25FN2O2. The van der Waals surface area contributed by atoms with Gasteiger partial charge in [-0.05, 0) is 61.6 Å². The highest BCUT2D eigenvalue weighted by molar-refractivity contribution is 5.79. The van der Waals surface area contributed by atoms with Crippen molar-refractivity contribution in [2.45, 2.75) is 31.7 Å². The van der Waals surface area contributed by atoms with E-state index in [1.54, 1.807) is 0 Å². The van der Waals surface area contributed by atoms with Crippen LogP contribution in [0.1, 0.15) is 24.8 Å². The average Bonchev–Trinajstić information content (AvgIpc) is 2.92. The Morgan fingerprint density at radius 1 is 1.04 bits per heavy atom. The van der Waals surface area contributed by atoms with Gasteiger partial charge in [-0.25, -0.2) is 4.39 Å². The highest BCUT2D eigenvalue weighted by atomic mass is 19.1. The minimum Gasteiger partial charge on any atom is -0.493 e. The molecule has 2 aliphatic rings. The Kier molecular flexibility index (Phi) is 5.28. The number of carbonyl (C=O) groups is 1. The van der Waals surface area contributed by atoms with E-state index >= 15 is 0 Å². The molecule has 4 nitrogen and oxygen atoms in total. The first-order chi connectivity index (χ1) is 13.2. The van der Waals surface area contributed by atoms with Crippen LogP contribution in [0.25, 0.3) is 0 Å². The minimum atomic E-state index is -0.213. The second kappa shape index (κ2) is 7.99. The lowest BCUT2D eigenvalue weighted by Crippen LogP contribution is -2.46. The number of nitrogens with zero attached hydrogens (tertiary/aromatic N) is 1. The second-order valence-corrected chi connectivity index (χ2v) is 7.39. The first kappa shape index (κ1) is 17.8. The lowest BCUT2D eigenvalue weighted by atomic mass is 9.95. The molecule has 0 spiro atoms. The Morgan fingerprint density at radius 2 is 1.78 bits per heavy atom. The van der Waals surface area contributed by atoms with E-state index < -0.39 is 0 Å². The summed E-state index contributed by atoms with van der Waals surface area (Å²) in [7, 11) is 0. The van der Waals surface area contributed by atoms with Gasteiger partial charge in [0, 0.05) is 30.7 Å². The zero-order valence-electron chi connectivity index (χ0n) is 15.4. The lowest BCUT2D eigenvalue weighted by Gasteiger charge is -2.34. The van der Waals surface area contributed by atoms with Crippen LogP contribution >= 0.6 is 0 Å². The van der Waals surface area contributed by atoms with Gasteiger partial charge >= 0.3 is 0 Å². The number of amides is 1. The number of hydrogen-bond donors (Lipinski definition) is 1. The Balaban J connectivity index is 1.31. The number of carbonyl (C=O) groups excluding carboxylic acids is 1. The third-order valence-electron chi connectivity index (χ3n) is 5.57. The number of halogens is 1. The smallest absolute Gasteiger partial charge is 0.223 e. The van der Waals surface area contributed by atoms with Crippen LogP contribution in [-0.2, 0) is 11.2 Å². The molecule has 142 valence electrons. The predicted molar refractivity (Wildman–Crippen MR) is 104 cm³/mol. The molecule has 1 atom stereocenters. The van der Waals surface area contributed by atoms with Gasteiger partial charge in [0.1, 0.15) is 11.6 Å². The molecule has 4 rings (SSSR count). The molecule has 2 heterocycles. The summed E-state index contributed by atoms with van der Waals surface area (Å²) in [5.74, 6) is 0.787. The molecule has 1 amide bonds. The van der Waals surface area contributed by atoms with Crippen molar-refractivity contribution in [1.82, 2.24) is 5.32 Å². The number of piperidine rings is 1. The molecule has 1 fully saturated rings. The number of nitrogens with one attached hydrogen (secondary N) is 1. The molecule has 2 aromatic rings. The van der Waals surface area contributed by atoms with E-state index in [4.69, 9.17) is 4.74 Å². The van der Waals surface area contributed by atoms with Crippen molar-refractivity contribution < 1.29 is 13.9 Å². The fraction of sp³-hybridized carbons (Fsp3) is 0.409. The van der Waals surface area contributed by atoms with Gasteiger partial charge in [-0.2, -0.15) is 0 Å². The molecular weight excluding hydrogens is 343 g/mol. The molecule has 1 N–H and O–H groups in total. The highest BCUT2D eigenvalue weighted by Crippen LogP contribution is 2.27. The lowest BCUT2D eigenvalue weighted by molar-refractivity contribution is -0.126. The fourth-order valence-electron chi connectivity index (χ4n) is 3.97. The number of fused-ring (bicyclic) bond motifs is 1. The summed E-state index contributed by atoms with van der Waals surface area (Å²) in [4.78, 5) is 15.0. The summed E-state index contributed by atoms with van der Waals surface area (Å²) in [6.07, 6.45) is 3.29. The minimum absolute atomic E-state index is 0.0382. The molecule has 0 radical (unpaired) electrons. The molecule has 0 saturated carbocycles. The quantitative estimate of drug-likeness (QED) is 0.901. The van der Waals surface area contributed by atoms with Crippen molar-refractivity contribution in [3.8, 4) is 5.75 Å². The Morgan fingerprint density at radius 3 is 2.56 bits per heavy atom. The van der Waals surface area contributed by atoms with Gasteiger partial charge in [0.25, 0.3) is 0 Å². The van der Waals surface area contributed by atoms with Gasteiger partial charge in [-0.15, -0.1) is 0 Å². The van der Waals surface area contributed by atoms with Crippen molar-refractivity contribution >= 4 is 11.6 Å². The molecule has 0 unspecified atom stereocenters. The molecule has 0 aliphatic carbocycles. The van der Waals surface area contributed by atoms with E-state index in [-0.39, 0.29) is 23.7 Å². The van der Waals surface area contributed by atoms with E-state index in [1.165, 1.54) is 12.1 Å². The van der Waals surface area contributed by atoms with Crippen LogP contribution < -0.4 is 15.0 Å². The average molecular weight is 368 g/mol. The van der Waals surface area contributed by atoms with Crippen molar-refractivity contribution in [2.24, 2.45) is 5.92 Å². The van der Waals surface area contributed by atoms with E-state index in [0.717, 1.165) is 55.8 Å². The van der Waals surface area contributed by atoms with Crippen LogP contribution in [0, 0.1) is 11.7 Å². The van der Waals surface area contributed by atoms with Crippen molar-refractivity contribution in [3.63, 3.8) is 0 Å². The Labute approximate surface area is 159 Å². The molecule has 0 aromatic heterocycles. The number of ether oxygens (including phenoxy) is 1. The van der Waals surface area contributed by atoms with Crippen LogP contribution in [-0.4, -0.2) is 31.6 Å². The topological polar surface area (TPSA) is 41.6 Å². The summed E-state index contributed by atoms with van der Waals surface area (Å²) >= 11 is 0. The summed E-state index contributed by atoms with van der Waals surface area (Å²) in [5.41, 5.74) is 2.15. The fourth-order valence-corrected chi connectivity index (χ4v) is 3.97. The normalized spacial score (nSPS) is 20.3. The van der Waals surface area contributed by atoms with E-state index in [2.05, 4.69) is 10.2 Å². The van der Waals surface area contributed by atoms with Crippen molar-refractivity contribution in [3.05, 3.63) is 59.9 Å². The zero-order chi connectivity index (χ0) is 18.6. The molecule has 2 aromatic carbocycles. The van der Waals surface area contributed by atoms with Gasteiger partial charge in [-0.1, -0.05) is 18.2 Å². The molecule has 5 heteroatoms. The molecule has 1 saturated heterocycles. The standard InChI is InChI=1S/C22H25FN2O2/c23-18-5-7-20(8-6-18)25-12-9-19(10-13-25)24-22(26)17-11-14-27-21-4-2-1-3-16(21)15-17/h1-8,17,19H,9-15H2,(H,24,26)/t17-/m0/s1. The van der Waals surface area contributed by atoms with Crippen molar-refractivity contribution in [1.29, 1.82) is 0 Å². The van der Waals surface area contributed by atoms with Crippen LogP contribution in [0.3, 0.4) is 0 Å². The maximum absolute atomic E-state index is 13.1. The third kappa shape index (κ3) is 4.24. The number of benzene rings is 2. The summed E-state index contributed by atoms with van der Waals surface area (Å²) in [6.45, 7) is 2.32. The van der Waals surface area contributed by atoms with Gasteiger partial charge in [0.2, 0.25) is 5.91 Å².